The van der Waals surface area contributed by atoms with Crippen LogP contribution in [0.15, 0.2) is 94.3 Å². The minimum atomic E-state index is -0.271. The number of benzene rings is 3. The number of carbonyl (C=O) groups excluding carboxylic acids is 1. The average Bonchev–Trinajstić information content (AvgIpc) is 2.74. The Bertz CT molecular complexity index is 1170. The van der Waals surface area contributed by atoms with Gasteiger partial charge in [0.05, 0.1) is 10.9 Å². The fourth-order valence-corrected chi connectivity index (χ4v) is 2.88. The Morgan fingerprint density at radius 1 is 0.929 bits per heavy atom. The number of hydrogen-bond donors (Lipinski definition) is 1. The molecule has 1 N–H and O–H groups in total. The van der Waals surface area contributed by atoms with E-state index in [-0.39, 0.29) is 17.9 Å². The molecule has 4 rings (SSSR count). The Hall–Kier alpha value is -3.86. The van der Waals surface area contributed by atoms with E-state index in [9.17, 15) is 9.59 Å². The molecule has 5 nitrogen and oxygen atoms in total. The zero-order valence-electron chi connectivity index (χ0n) is 14.9. The Kier molecular flexibility index (Phi) is 4.89. The third kappa shape index (κ3) is 3.78. The van der Waals surface area contributed by atoms with Gasteiger partial charge in [-0.15, -0.1) is 0 Å². The fraction of sp³-hybridized carbons (Fsp3) is 0.0435. The third-order valence-electron chi connectivity index (χ3n) is 4.26. The summed E-state index contributed by atoms with van der Waals surface area (Å²) >= 11 is 0. The summed E-state index contributed by atoms with van der Waals surface area (Å²) in [5.74, 6) is 0.179. The molecule has 5 heteroatoms. The van der Waals surface area contributed by atoms with Gasteiger partial charge in [-0.05, 0) is 29.8 Å². The van der Waals surface area contributed by atoms with Crippen molar-refractivity contribution in [1.29, 1.82) is 0 Å². The highest BCUT2D eigenvalue weighted by atomic mass is 16.5. The van der Waals surface area contributed by atoms with E-state index in [0.29, 0.717) is 28.0 Å². The molecule has 0 radical (unpaired) electrons. The first kappa shape index (κ1) is 17.5. The summed E-state index contributed by atoms with van der Waals surface area (Å²) in [5.41, 5.74) is 2.31. The van der Waals surface area contributed by atoms with E-state index in [1.807, 2.05) is 48.5 Å². The van der Waals surface area contributed by atoms with Crippen LogP contribution >= 0.6 is 0 Å². The van der Waals surface area contributed by atoms with Gasteiger partial charge in [-0.2, -0.15) is 0 Å². The smallest absolute Gasteiger partial charge is 0.262 e. The largest absolute Gasteiger partial charge is 0.484 e. The lowest BCUT2D eigenvalue weighted by atomic mass is 10.1. The van der Waals surface area contributed by atoms with E-state index in [1.165, 1.54) is 6.26 Å². The molecule has 0 aliphatic carbocycles. The third-order valence-corrected chi connectivity index (χ3v) is 4.26. The van der Waals surface area contributed by atoms with Gasteiger partial charge in [0.15, 0.2) is 12.0 Å². The van der Waals surface area contributed by atoms with Gasteiger partial charge < -0.3 is 14.5 Å². The monoisotopic (exact) mass is 371 g/mol. The number of fused-ring (bicyclic) bond motifs is 1. The van der Waals surface area contributed by atoms with Crippen LogP contribution in [0.25, 0.3) is 22.1 Å². The predicted molar refractivity (Wildman–Crippen MR) is 108 cm³/mol. The predicted octanol–water partition coefficient (Wildman–Crippen LogP) is 4.48. The van der Waals surface area contributed by atoms with Gasteiger partial charge in [0, 0.05) is 11.8 Å². The Morgan fingerprint density at radius 3 is 2.39 bits per heavy atom. The summed E-state index contributed by atoms with van der Waals surface area (Å²) < 4.78 is 11.2. The number of rotatable bonds is 5. The van der Waals surface area contributed by atoms with Crippen molar-refractivity contribution in [2.24, 2.45) is 0 Å². The number of amides is 1. The van der Waals surface area contributed by atoms with Crippen LogP contribution in [0.4, 0.5) is 5.69 Å². The first-order valence-electron chi connectivity index (χ1n) is 8.79. The second-order valence-electron chi connectivity index (χ2n) is 6.21. The maximum absolute atomic E-state index is 12.7. The van der Waals surface area contributed by atoms with E-state index in [2.05, 4.69) is 5.32 Å². The fourth-order valence-electron chi connectivity index (χ4n) is 2.88. The van der Waals surface area contributed by atoms with Crippen molar-refractivity contribution in [1.82, 2.24) is 0 Å². The maximum atomic E-state index is 12.7. The molecule has 28 heavy (non-hydrogen) atoms. The number of nitrogens with one attached hydrogen (secondary N) is 1. The van der Waals surface area contributed by atoms with Gasteiger partial charge in [-0.25, -0.2) is 0 Å². The second kappa shape index (κ2) is 7.80. The van der Waals surface area contributed by atoms with Gasteiger partial charge >= 0.3 is 0 Å². The standard InChI is InChI=1S/C23H17NO4/c25-22(24-17-9-5-2-6-10-17)15-27-18-11-12-19-21(13-18)28-14-20(23(19)26)16-7-3-1-4-8-16/h1-14H,15H2,(H,24,25). The van der Waals surface area contributed by atoms with Crippen molar-refractivity contribution < 1.29 is 13.9 Å². The van der Waals surface area contributed by atoms with E-state index in [4.69, 9.17) is 9.15 Å². The summed E-state index contributed by atoms with van der Waals surface area (Å²) in [6.45, 7) is -0.146. The molecule has 3 aromatic carbocycles. The Labute approximate surface area is 161 Å². The lowest BCUT2D eigenvalue weighted by molar-refractivity contribution is -0.118. The first-order chi connectivity index (χ1) is 13.7. The van der Waals surface area contributed by atoms with Crippen LogP contribution in [0.2, 0.25) is 0 Å². The molecule has 0 saturated heterocycles. The lowest BCUT2D eigenvalue weighted by Crippen LogP contribution is -2.20. The quantitative estimate of drug-likeness (QED) is 0.562. The van der Waals surface area contributed by atoms with Crippen LogP contribution in [0.3, 0.4) is 0 Å². The first-order valence-corrected chi connectivity index (χ1v) is 8.79. The molecule has 0 saturated carbocycles. The van der Waals surface area contributed by atoms with E-state index in [0.717, 1.165) is 5.56 Å². The summed E-state index contributed by atoms with van der Waals surface area (Å²) in [7, 11) is 0. The molecule has 1 amide bonds. The summed E-state index contributed by atoms with van der Waals surface area (Å²) in [6.07, 6.45) is 1.45. The molecule has 1 heterocycles. The number of hydrogen-bond acceptors (Lipinski definition) is 4. The summed E-state index contributed by atoms with van der Waals surface area (Å²) in [5, 5.41) is 3.21. The van der Waals surface area contributed by atoms with Crippen molar-refractivity contribution in [3.63, 3.8) is 0 Å². The molecule has 0 aliphatic heterocycles. The SMILES string of the molecule is O=C(COc1ccc2c(=O)c(-c3ccccc3)coc2c1)Nc1ccccc1. The summed E-state index contributed by atoms with van der Waals surface area (Å²) in [6, 6.07) is 23.4. The van der Waals surface area contributed by atoms with Gasteiger partial charge in [0.1, 0.15) is 17.6 Å². The molecule has 4 aromatic rings. The van der Waals surface area contributed by atoms with Crippen LogP contribution in [0.5, 0.6) is 5.75 Å². The molecule has 0 unspecified atom stereocenters. The topological polar surface area (TPSA) is 68.5 Å². The number of carbonyl (C=O) groups is 1. The van der Waals surface area contributed by atoms with Gasteiger partial charge in [0.25, 0.3) is 5.91 Å². The van der Waals surface area contributed by atoms with Gasteiger partial charge in [0.2, 0.25) is 0 Å². The highest BCUT2D eigenvalue weighted by Crippen LogP contribution is 2.23. The van der Waals surface area contributed by atoms with Crippen molar-refractivity contribution in [2.45, 2.75) is 0 Å². The Balaban J connectivity index is 1.51. The maximum Gasteiger partial charge on any atom is 0.262 e. The van der Waals surface area contributed by atoms with Crippen LogP contribution in [-0.4, -0.2) is 12.5 Å². The molecule has 0 aliphatic rings. The number of anilines is 1. The summed E-state index contributed by atoms with van der Waals surface area (Å²) in [4.78, 5) is 24.7. The zero-order chi connectivity index (χ0) is 19.3. The second-order valence-corrected chi connectivity index (χ2v) is 6.21. The molecule has 0 fully saturated rings. The molecule has 0 atom stereocenters. The van der Waals surface area contributed by atoms with Crippen LogP contribution in [0, 0.1) is 0 Å². The minimum absolute atomic E-state index is 0.110. The molecular formula is C23H17NO4. The van der Waals surface area contributed by atoms with Gasteiger partial charge in [-0.1, -0.05) is 48.5 Å². The van der Waals surface area contributed by atoms with Crippen molar-refractivity contribution in [3.05, 3.63) is 95.3 Å². The molecule has 0 bridgehead atoms. The number of ether oxygens (including phenoxy) is 1. The molecule has 1 aromatic heterocycles. The zero-order valence-corrected chi connectivity index (χ0v) is 14.9. The lowest BCUT2D eigenvalue weighted by Gasteiger charge is -2.08. The van der Waals surface area contributed by atoms with Gasteiger partial charge in [-0.3, -0.25) is 9.59 Å². The highest BCUT2D eigenvalue weighted by Gasteiger charge is 2.10. The minimum Gasteiger partial charge on any atom is -0.484 e. The van der Waals surface area contributed by atoms with E-state index < -0.39 is 0 Å². The highest BCUT2D eigenvalue weighted by molar-refractivity contribution is 5.92. The van der Waals surface area contributed by atoms with Crippen molar-refractivity contribution >= 4 is 22.6 Å². The van der Waals surface area contributed by atoms with E-state index >= 15 is 0 Å². The average molecular weight is 371 g/mol. The van der Waals surface area contributed by atoms with Crippen molar-refractivity contribution in [2.75, 3.05) is 11.9 Å². The number of para-hydroxylation sites is 1. The normalized spacial score (nSPS) is 10.6. The molecule has 0 spiro atoms. The molecular weight excluding hydrogens is 354 g/mol. The van der Waals surface area contributed by atoms with E-state index in [1.54, 1.807) is 30.3 Å². The van der Waals surface area contributed by atoms with Crippen LogP contribution < -0.4 is 15.5 Å². The van der Waals surface area contributed by atoms with Crippen LogP contribution in [-0.2, 0) is 4.79 Å². The molecule has 138 valence electrons. The van der Waals surface area contributed by atoms with Crippen molar-refractivity contribution in [3.8, 4) is 16.9 Å². The Morgan fingerprint density at radius 2 is 1.64 bits per heavy atom. The van der Waals surface area contributed by atoms with Crippen LogP contribution in [0.1, 0.15) is 0 Å².